The zero-order chi connectivity index (χ0) is 11.5. The van der Waals surface area contributed by atoms with Crippen LogP contribution < -0.4 is 0 Å². The summed E-state index contributed by atoms with van der Waals surface area (Å²) in [6, 6.07) is 0. The molecule has 84 valence electrons. The summed E-state index contributed by atoms with van der Waals surface area (Å²) < 4.78 is 5.16. The van der Waals surface area contributed by atoms with Crippen molar-refractivity contribution in [1.82, 2.24) is 0 Å². The highest BCUT2D eigenvalue weighted by Crippen LogP contribution is 2.26. The summed E-state index contributed by atoms with van der Waals surface area (Å²) >= 11 is 0. The second-order valence-electron chi connectivity index (χ2n) is 4.04. The number of hydrogen-bond acceptors (Lipinski definition) is 3. The van der Waals surface area contributed by atoms with Crippen LogP contribution >= 0.6 is 0 Å². The van der Waals surface area contributed by atoms with E-state index in [-0.39, 0.29) is 23.6 Å². The lowest BCUT2D eigenvalue weighted by Crippen LogP contribution is -2.30. The van der Waals surface area contributed by atoms with Gasteiger partial charge in [-0.15, -0.1) is 0 Å². The first kappa shape index (κ1) is 10.9. The van der Waals surface area contributed by atoms with E-state index in [9.17, 15) is 9.59 Å². The molecule has 2 aliphatic rings. The summed E-state index contributed by atoms with van der Waals surface area (Å²) in [7, 11) is 0. The summed E-state index contributed by atoms with van der Waals surface area (Å²) in [5.74, 6) is -0.660. The van der Waals surface area contributed by atoms with Crippen molar-refractivity contribution >= 4 is 11.8 Å². The van der Waals surface area contributed by atoms with E-state index in [0.29, 0.717) is 6.42 Å². The largest absolute Gasteiger partial charge is 0.457 e. The summed E-state index contributed by atoms with van der Waals surface area (Å²) in [4.78, 5) is 23.1. The third-order valence-corrected chi connectivity index (χ3v) is 2.84. The minimum absolute atomic E-state index is 0.0863. The van der Waals surface area contributed by atoms with Crippen molar-refractivity contribution in [3.05, 3.63) is 36.5 Å². The summed E-state index contributed by atoms with van der Waals surface area (Å²) in [5, 5.41) is 0. The van der Waals surface area contributed by atoms with Gasteiger partial charge in [-0.2, -0.15) is 0 Å². The van der Waals surface area contributed by atoms with Crippen LogP contribution in [0.3, 0.4) is 0 Å². The quantitative estimate of drug-likeness (QED) is 0.498. The smallest absolute Gasteiger partial charge is 0.303 e. The number of ketones is 1. The van der Waals surface area contributed by atoms with Gasteiger partial charge in [0, 0.05) is 12.8 Å². The van der Waals surface area contributed by atoms with E-state index in [4.69, 9.17) is 4.74 Å². The Hall–Kier alpha value is -1.64. The minimum Gasteiger partial charge on any atom is -0.457 e. The van der Waals surface area contributed by atoms with Gasteiger partial charge < -0.3 is 4.74 Å². The molecule has 0 radical (unpaired) electrons. The molecule has 16 heavy (non-hydrogen) atoms. The van der Waals surface area contributed by atoms with Crippen molar-refractivity contribution in [3.8, 4) is 0 Å². The maximum Gasteiger partial charge on any atom is 0.303 e. The summed E-state index contributed by atoms with van der Waals surface area (Å²) in [6.07, 6.45) is 11.4. The van der Waals surface area contributed by atoms with Gasteiger partial charge >= 0.3 is 5.97 Å². The molecule has 3 nitrogen and oxygen atoms in total. The van der Waals surface area contributed by atoms with Gasteiger partial charge in [-0.25, -0.2) is 0 Å². The second kappa shape index (κ2) is 4.47. The fourth-order valence-corrected chi connectivity index (χ4v) is 2.07. The number of ether oxygens (including phenoxy) is 1. The second-order valence-corrected chi connectivity index (χ2v) is 4.04. The molecule has 3 heteroatoms. The van der Waals surface area contributed by atoms with Crippen molar-refractivity contribution in [2.75, 3.05) is 0 Å². The van der Waals surface area contributed by atoms with Crippen LogP contribution in [-0.4, -0.2) is 17.9 Å². The topological polar surface area (TPSA) is 43.4 Å². The first-order valence-corrected chi connectivity index (χ1v) is 5.41. The van der Waals surface area contributed by atoms with E-state index in [1.165, 1.54) is 6.92 Å². The number of carbonyl (C=O) groups is 2. The van der Waals surface area contributed by atoms with Crippen LogP contribution in [0, 0.1) is 11.8 Å². The maximum atomic E-state index is 12.1. The molecular weight excluding hydrogens is 204 g/mol. The Morgan fingerprint density at radius 1 is 1.31 bits per heavy atom. The SMILES string of the molecule is CC(=O)O[C@H]1C=CC[C@@H]2C=CC=C[C@H]1C2=O. The van der Waals surface area contributed by atoms with E-state index in [1.807, 2.05) is 36.5 Å². The molecule has 0 aromatic carbocycles. The Bertz CT molecular complexity index is 390. The molecule has 0 heterocycles. The van der Waals surface area contributed by atoms with Crippen LogP contribution in [0.4, 0.5) is 0 Å². The zero-order valence-corrected chi connectivity index (χ0v) is 9.13. The Morgan fingerprint density at radius 2 is 2.06 bits per heavy atom. The van der Waals surface area contributed by atoms with Crippen LogP contribution in [0.5, 0.6) is 0 Å². The number of Topliss-reactive ketones (excluding diaryl/α,β-unsaturated/α-hetero) is 1. The summed E-state index contributed by atoms with van der Waals surface area (Å²) in [6.45, 7) is 1.36. The lowest BCUT2D eigenvalue weighted by molar-refractivity contribution is -0.147. The molecule has 0 fully saturated rings. The van der Waals surface area contributed by atoms with Crippen molar-refractivity contribution in [2.45, 2.75) is 19.4 Å². The predicted octanol–water partition coefficient (Wildman–Crippen LogP) is 1.81. The van der Waals surface area contributed by atoms with E-state index < -0.39 is 6.10 Å². The molecule has 0 aromatic rings. The number of hydrogen-bond donors (Lipinski definition) is 0. The number of fused-ring (bicyclic) bond motifs is 2. The van der Waals surface area contributed by atoms with Crippen LogP contribution in [0.15, 0.2) is 36.5 Å². The molecule has 2 bridgehead atoms. The van der Waals surface area contributed by atoms with E-state index in [0.717, 1.165) is 0 Å². The van der Waals surface area contributed by atoms with Crippen molar-refractivity contribution in [2.24, 2.45) is 11.8 Å². The molecule has 2 aliphatic carbocycles. The lowest BCUT2D eigenvalue weighted by Gasteiger charge is -2.19. The molecule has 0 N–H and O–H groups in total. The Morgan fingerprint density at radius 3 is 2.81 bits per heavy atom. The number of rotatable bonds is 1. The lowest BCUT2D eigenvalue weighted by atomic mass is 9.90. The number of esters is 1. The number of carbonyl (C=O) groups excluding carboxylic acids is 2. The van der Waals surface area contributed by atoms with E-state index in [2.05, 4.69) is 0 Å². The van der Waals surface area contributed by atoms with Crippen LogP contribution in [0.2, 0.25) is 0 Å². The van der Waals surface area contributed by atoms with Crippen LogP contribution in [0.25, 0.3) is 0 Å². The monoisotopic (exact) mass is 218 g/mol. The minimum atomic E-state index is -0.453. The highest BCUT2D eigenvalue weighted by atomic mass is 16.5. The van der Waals surface area contributed by atoms with E-state index >= 15 is 0 Å². The number of allylic oxidation sites excluding steroid dienone is 4. The Balaban J connectivity index is 2.28. The molecule has 0 aromatic heterocycles. The molecule has 0 saturated heterocycles. The van der Waals surface area contributed by atoms with Gasteiger partial charge in [-0.1, -0.05) is 30.4 Å². The molecule has 0 spiro atoms. The predicted molar refractivity (Wildman–Crippen MR) is 59.6 cm³/mol. The maximum absolute atomic E-state index is 12.1. The van der Waals surface area contributed by atoms with Crippen LogP contribution in [0.1, 0.15) is 13.3 Å². The van der Waals surface area contributed by atoms with Gasteiger partial charge in [0.25, 0.3) is 0 Å². The van der Waals surface area contributed by atoms with Crippen molar-refractivity contribution in [1.29, 1.82) is 0 Å². The summed E-state index contributed by atoms with van der Waals surface area (Å²) in [5.41, 5.74) is 0. The highest BCUT2D eigenvalue weighted by Gasteiger charge is 2.33. The average molecular weight is 218 g/mol. The fraction of sp³-hybridized carbons (Fsp3) is 0.385. The third kappa shape index (κ3) is 2.13. The molecule has 0 saturated carbocycles. The molecule has 0 amide bonds. The van der Waals surface area contributed by atoms with Gasteiger partial charge in [0.1, 0.15) is 6.10 Å². The molecule has 3 atom stereocenters. The third-order valence-electron chi connectivity index (χ3n) is 2.84. The van der Waals surface area contributed by atoms with Gasteiger partial charge in [0.2, 0.25) is 0 Å². The average Bonchev–Trinajstić information content (AvgIpc) is 2.48. The fourth-order valence-electron chi connectivity index (χ4n) is 2.07. The molecular formula is C13H14O3. The Kier molecular flexibility index (Phi) is 3.04. The van der Waals surface area contributed by atoms with Crippen molar-refractivity contribution in [3.63, 3.8) is 0 Å². The molecule has 2 rings (SSSR count). The first-order valence-electron chi connectivity index (χ1n) is 5.41. The van der Waals surface area contributed by atoms with E-state index in [1.54, 1.807) is 0 Å². The van der Waals surface area contributed by atoms with Gasteiger partial charge in [0.05, 0.1) is 5.92 Å². The standard InChI is InChI=1S/C13H14O3/c1-9(14)16-12-8-4-6-10-5-2-3-7-11(12)13(10)15/h2-5,7-8,10-12H,6H2,1H3/t10-,11+,12-/m0/s1. The van der Waals surface area contributed by atoms with Crippen molar-refractivity contribution < 1.29 is 14.3 Å². The van der Waals surface area contributed by atoms with Gasteiger partial charge in [0.15, 0.2) is 5.78 Å². The zero-order valence-electron chi connectivity index (χ0n) is 9.13. The Labute approximate surface area is 94.5 Å². The molecule has 0 aliphatic heterocycles. The first-order chi connectivity index (χ1) is 7.68. The normalized spacial score (nSPS) is 32.1. The van der Waals surface area contributed by atoms with Gasteiger partial charge in [-0.05, 0) is 12.5 Å². The molecule has 0 unspecified atom stereocenters. The highest BCUT2D eigenvalue weighted by molar-refractivity contribution is 5.88. The van der Waals surface area contributed by atoms with Gasteiger partial charge in [-0.3, -0.25) is 9.59 Å². The van der Waals surface area contributed by atoms with Crippen LogP contribution in [-0.2, 0) is 14.3 Å².